The van der Waals surface area contributed by atoms with Crippen LogP contribution in [0.2, 0.25) is 0 Å². The number of carbonyl (C=O) groups excluding carboxylic acids is 1. The maximum Gasteiger partial charge on any atom is 0.326 e. The fraction of sp³-hybridized carbons (Fsp3) is 0.714. The Labute approximate surface area is 79.3 Å². The largest absolute Gasteiger partial charge is 0.480 e. The van der Waals surface area contributed by atoms with Crippen LogP contribution in [0.1, 0.15) is 12.8 Å². The van der Waals surface area contributed by atoms with Crippen molar-refractivity contribution in [3.63, 3.8) is 0 Å². The first-order valence-electron chi connectivity index (χ1n) is 4.04. The fourth-order valence-electron chi connectivity index (χ4n) is 1.70. The number of nitrogens with zero attached hydrogens (tertiary/aromatic N) is 1. The van der Waals surface area contributed by atoms with Gasteiger partial charge in [0, 0.05) is 6.42 Å². The molecule has 0 aliphatic carbocycles. The van der Waals surface area contributed by atoms with Crippen LogP contribution in [0.4, 0.5) is 0 Å². The quantitative estimate of drug-likeness (QED) is 0.556. The van der Waals surface area contributed by atoms with Crippen molar-refractivity contribution in [1.29, 1.82) is 0 Å². The molecule has 2 rings (SSSR count). The van der Waals surface area contributed by atoms with Gasteiger partial charge in [-0.15, -0.1) is 11.8 Å². The topological polar surface area (TPSA) is 83.6 Å². The normalized spacial score (nSPS) is 38.1. The predicted octanol–water partition coefficient (Wildman–Crippen LogP) is -0.580. The zero-order chi connectivity index (χ0) is 9.59. The van der Waals surface area contributed by atoms with E-state index in [9.17, 15) is 9.59 Å². The summed E-state index contributed by atoms with van der Waals surface area (Å²) in [4.78, 5) is 23.3. The Bertz CT molecular complexity index is 270. The number of aliphatic carboxylic acids is 1. The lowest BCUT2D eigenvalue weighted by Gasteiger charge is -2.48. The summed E-state index contributed by atoms with van der Waals surface area (Å²) in [6, 6.07) is -0.706. The zero-order valence-electron chi connectivity index (χ0n) is 6.84. The van der Waals surface area contributed by atoms with E-state index in [1.807, 2.05) is 0 Å². The molecule has 0 aromatic carbocycles. The molecule has 13 heavy (non-hydrogen) atoms. The fourth-order valence-corrected chi connectivity index (χ4v) is 3.03. The van der Waals surface area contributed by atoms with Gasteiger partial charge in [-0.25, -0.2) is 4.79 Å². The molecule has 3 N–H and O–H groups in total. The average Bonchev–Trinajstić information content (AvgIpc) is 2.01. The molecule has 3 atom stereocenters. The van der Waals surface area contributed by atoms with Gasteiger partial charge in [-0.05, 0) is 0 Å². The summed E-state index contributed by atoms with van der Waals surface area (Å²) in [5, 5.41) is 8.68. The Balaban J connectivity index is 2.15. The second-order valence-electron chi connectivity index (χ2n) is 3.22. The highest BCUT2D eigenvalue weighted by molar-refractivity contribution is 8.00. The van der Waals surface area contributed by atoms with E-state index in [-0.39, 0.29) is 16.7 Å². The number of fused-ring (bicyclic) bond motifs is 1. The van der Waals surface area contributed by atoms with Gasteiger partial charge < -0.3 is 15.7 Å². The van der Waals surface area contributed by atoms with Crippen molar-refractivity contribution in [3.8, 4) is 0 Å². The van der Waals surface area contributed by atoms with Gasteiger partial charge in [0.2, 0.25) is 5.91 Å². The smallest absolute Gasteiger partial charge is 0.326 e. The molecule has 2 aliphatic rings. The third kappa shape index (κ3) is 1.30. The third-order valence-electron chi connectivity index (χ3n) is 2.36. The number of nitrogens with two attached hydrogens (primary N) is 1. The monoisotopic (exact) mass is 202 g/mol. The van der Waals surface area contributed by atoms with Gasteiger partial charge in [0.1, 0.15) is 6.04 Å². The summed E-state index contributed by atoms with van der Waals surface area (Å²) >= 11 is 1.48. The number of β-lactam (4-membered cyclic amide) rings is 1. The summed E-state index contributed by atoms with van der Waals surface area (Å²) in [5.74, 6) is -1.02. The third-order valence-corrected chi connectivity index (χ3v) is 3.61. The standard InChI is InChI=1S/C7H10N2O3S/c8-4-1-3(7(11)12)9-5(10)2-6(9)13-4/h3-4,6H,1-2,8H2,(H,11,12)/t3-,4?,6-/m1/s1. The number of hydrogen-bond acceptors (Lipinski definition) is 4. The van der Waals surface area contributed by atoms with Crippen LogP contribution in [-0.4, -0.2) is 38.7 Å². The van der Waals surface area contributed by atoms with Crippen molar-refractivity contribution in [3.05, 3.63) is 0 Å². The summed E-state index contributed by atoms with van der Waals surface area (Å²) in [7, 11) is 0. The number of carbonyl (C=O) groups is 2. The first kappa shape index (κ1) is 8.83. The molecule has 0 saturated carbocycles. The van der Waals surface area contributed by atoms with Crippen LogP contribution in [0.3, 0.4) is 0 Å². The van der Waals surface area contributed by atoms with Crippen molar-refractivity contribution >= 4 is 23.6 Å². The second-order valence-corrected chi connectivity index (χ2v) is 4.65. The molecule has 5 nitrogen and oxygen atoms in total. The maximum absolute atomic E-state index is 11.1. The Morgan fingerprint density at radius 1 is 1.69 bits per heavy atom. The molecular weight excluding hydrogens is 192 g/mol. The Morgan fingerprint density at radius 3 is 2.92 bits per heavy atom. The van der Waals surface area contributed by atoms with Crippen LogP contribution in [0.25, 0.3) is 0 Å². The number of amides is 1. The van der Waals surface area contributed by atoms with E-state index in [1.54, 1.807) is 0 Å². The molecule has 1 amide bonds. The van der Waals surface area contributed by atoms with Crippen LogP contribution in [-0.2, 0) is 9.59 Å². The molecule has 6 heteroatoms. The van der Waals surface area contributed by atoms with Crippen molar-refractivity contribution in [2.75, 3.05) is 0 Å². The molecule has 72 valence electrons. The van der Waals surface area contributed by atoms with Gasteiger partial charge in [-0.2, -0.15) is 0 Å². The maximum atomic E-state index is 11.1. The molecule has 0 bridgehead atoms. The molecule has 0 aromatic rings. The van der Waals surface area contributed by atoms with E-state index in [1.165, 1.54) is 16.7 Å². The first-order chi connectivity index (χ1) is 6.09. The first-order valence-corrected chi connectivity index (χ1v) is 4.99. The van der Waals surface area contributed by atoms with Crippen LogP contribution < -0.4 is 5.73 Å². The SMILES string of the molecule is NC1C[C@H](C(=O)O)N2C(=O)C[C@H]2S1. The number of thioether (sulfide) groups is 1. The minimum absolute atomic E-state index is 0.00245. The lowest BCUT2D eigenvalue weighted by molar-refractivity contribution is -0.158. The highest BCUT2D eigenvalue weighted by Crippen LogP contribution is 2.39. The molecule has 2 aliphatic heterocycles. The molecule has 1 unspecified atom stereocenters. The van der Waals surface area contributed by atoms with Gasteiger partial charge in [0.05, 0.1) is 17.2 Å². The molecule has 0 aromatic heterocycles. The number of rotatable bonds is 1. The summed E-state index contributed by atoms with van der Waals surface area (Å²) in [6.45, 7) is 0. The molecule has 2 heterocycles. The summed E-state index contributed by atoms with van der Waals surface area (Å²) in [5.41, 5.74) is 5.66. The van der Waals surface area contributed by atoms with E-state index < -0.39 is 12.0 Å². The lowest BCUT2D eigenvalue weighted by Crippen LogP contribution is -2.63. The molecule has 2 saturated heterocycles. The Kier molecular flexibility index (Phi) is 1.96. The summed E-state index contributed by atoms with van der Waals surface area (Å²) in [6.07, 6.45) is 0.782. The Hall–Kier alpha value is -0.750. The minimum Gasteiger partial charge on any atom is -0.480 e. The van der Waals surface area contributed by atoms with Gasteiger partial charge in [0.25, 0.3) is 0 Å². The van der Waals surface area contributed by atoms with E-state index in [0.29, 0.717) is 12.8 Å². The molecule has 0 radical (unpaired) electrons. The molecule has 2 fully saturated rings. The van der Waals surface area contributed by atoms with E-state index in [2.05, 4.69) is 0 Å². The Morgan fingerprint density at radius 2 is 2.38 bits per heavy atom. The predicted molar refractivity (Wildman–Crippen MR) is 46.9 cm³/mol. The highest BCUT2D eigenvalue weighted by atomic mass is 32.2. The average molecular weight is 202 g/mol. The van der Waals surface area contributed by atoms with Crippen molar-refractivity contribution in [1.82, 2.24) is 4.90 Å². The van der Waals surface area contributed by atoms with Crippen LogP contribution in [0.15, 0.2) is 0 Å². The van der Waals surface area contributed by atoms with Crippen molar-refractivity contribution < 1.29 is 14.7 Å². The van der Waals surface area contributed by atoms with Crippen LogP contribution >= 0.6 is 11.8 Å². The number of hydrogen-bond donors (Lipinski definition) is 2. The van der Waals surface area contributed by atoms with Gasteiger partial charge in [-0.3, -0.25) is 4.79 Å². The highest BCUT2D eigenvalue weighted by Gasteiger charge is 2.48. The minimum atomic E-state index is -0.950. The second kappa shape index (κ2) is 2.88. The zero-order valence-corrected chi connectivity index (χ0v) is 7.66. The summed E-state index contributed by atoms with van der Waals surface area (Å²) < 4.78 is 0. The van der Waals surface area contributed by atoms with Crippen LogP contribution in [0.5, 0.6) is 0 Å². The number of carboxylic acid groups (broad SMARTS) is 1. The molecule has 0 spiro atoms. The van der Waals surface area contributed by atoms with Crippen LogP contribution in [0, 0.1) is 0 Å². The molecular formula is C7H10N2O3S. The van der Waals surface area contributed by atoms with E-state index in [4.69, 9.17) is 10.8 Å². The van der Waals surface area contributed by atoms with E-state index in [0.717, 1.165) is 0 Å². The van der Waals surface area contributed by atoms with Crippen molar-refractivity contribution in [2.45, 2.75) is 29.6 Å². The van der Waals surface area contributed by atoms with E-state index >= 15 is 0 Å². The van der Waals surface area contributed by atoms with Gasteiger partial charge >= 0.3 is 5.97 Å². The van der Waals surface area contributed by atoms with Crippen molar-refractivity contribution in [2.24, 2.45) is 5.73 Å². The number of carboxylic acids is 1. The van der Waals surface area contributed by atoms with Gasteiger partial charge in [-0.1, -0.05) is 0 Å². The van der Waals surface area contributed by atoms with Gasteiger partial charge in [0.15, 0.2) is 0 Å². The lowest BCUT2D eigenvalue weighted by atomic mass is 10.1.